The number of amides is 1. The van der Waals surface area contributed by atoms with Gasteiger partial charge in [0.1, 0.15) is 0 Å². The largest absolute Gasteiger partial charge is 0.372 e. The highest BCUT2D eigenvalue weighted by molar-refractivity contribution is 7.80. The summed E-state index contributed by atoms with van der Waals surface area (Å²) in [7, 11) is 0. The second kappa shape index (κ2) is 9.55. The number of carbonyl (C=O) groups excluding carboxylic acids is 1. The highest BCUT2D eigenvalue weighted by atomic mass is 32.1. The molecule has 1 aliphatic heterocycles. The van der Waals surface area contributed by atoms with E-state index in [0.717, 1.165) is 29.9 Å². The lowest BCUT2D eigenvalue weighted by atomic mass is 9.90. The van der Waals surface area contributed by atoms with Crippen LogP contribution in [0.15, 0.2) is 84.9 Å². The molecule has 0 aromatic heterocycles. The van der Waals surface area contributed by atoms with Crippen LogP contribution >= 0.6 is 12.2 Å². The fourth-order valence-electron chi connectivity index (χ4n) is 3.86. The topological polar surface area (TPSA) is 44.4 Å². The quantitative estimate of drug-likeness (QED) is 0.580. The maximum atomic E-state index is 13.1. The lowest BCUT2D eigenvalue weighted by molar-refractivity contribution is -0.120. The average molecular weight is 416 g/mol. The summed E-state index contributed by atoms with van der Waals surface area (Å²) < 4.78 is 0. The Hall–Kier alpha value is -3.18. The molecule has 0 aliphatic carbocycles. The van der Waals surface area contributed by atoms with Crippen molar-refractivity contribution in [3.05, 3.63) is 96.1 Å². The third-order valence-electron chi connectivity index (χ3n) is 5.36. The molecule has 0 spiro atoms. The molecule has 1 heterocycles. The van der Waals surface area contributed by atoms with Crippen LogP contribution < -0.4 is 15.5 Å². The summed E-state index contributed by atoms with van der Waals surface area (Å²) in [5.41, 5.74) is 3.94. The van der Waals surface area contributed by atoms with Gasteiger partial charge < -0.3 is 15.5 Å². The number of carbonyl (C=O) groups is 1. The second-order valence-electron chi connectivity index (χ2n) is 7.44. The molecule has 0 atom stereocenters. The maximum absolute atomic E-state index is 13.1. The lowest BCUT2D eigenvalue weighted by Gasteiger charge is -2.19. The van der Waals surface area contributed by atoms with Gasteiger partial charge in [-0.25, -0.2) is 0 Å². The Kier molecular flexibility index (Phi) is 6.40. The van der Waals surface area contributed by atoms with E-state index in [-0.39, 0.29) is 5.91 Å². The Bertz CT molecular complexity index is 944. The zero-order valence-electron chi connectivity index (χ0n) is 16.8. The van der Waals surface area contributed by atoms with Crippen molar-refractivity contribution in [3.8, 4) is 0 Å². The Labute approximate surface area is 182 Å². The van der Waals surface area contributed by atoms with E-state index in [0.29, 0.717) is 5.11 Å². The summed E-state index contributed by atoms with van der Waals surface area (Å²) in [4.78, 5) is 15.5. The Morgan fingerprint density at radius 3 is 1.87 bits per heavy atom. The summed E-state index contributed by atoms with van der Waals surface area (Å²) in [5, 5.41) is 6.29. The number of hydrogen-bond donors (Lipinski definition) is 2. The van der Waals surface area contributed by atoms with Gasteiger partial charge in [-0.2, -0.15) is 0 Å². The minimum absolute atomic E-state index is 0.154. The molecule has 3 aromatic carbocycles. The van der Waals surface area contributed by atoms with Crippen LogP contribution in [0.3, 0.4) is 0 Å². The van der Waals surface area contributed by atoms with Crippen LogP contribution in [0, 0.1) is 0 Å². The van der Waals surface area contributed by atoms with Crippen molar-refractivity contribution in [1.82, 2.24) is 5.32 Å². The fourth-order valence-corrected chi connectivity index (χ4v) is 4.08. The molecule has 0 bridgehead atoms. The highest BCUT2D eigenvalue weighted by Gasteiger charge is 2.23. The van der Waals surface area contributed by atoms with Crippen LogP contribution in [-0.2, 0) is 4.79 Å². The van der Waals surface area contributed by atoms with Crippen LogP contribution in [0.4, 0.5) is 11.4 Å². The van der Waals surface area contributed by atoms with E-state index < -0.39 is 5.92 Å². The fraction of sp³-hybridized carbons (Fsp3) is 0.200. The molecule has 5 heteroatoms. The Morgan fingerprint density at radius 2 is 1.33 bits per heavy atom. The normalized spacial score (nSPS) is 13.3. The molecular formula is C25H25N3OS. The molecular weight excluding hydrogens is 390 g/mol. The summed E-state index contributed by atoms with van der Waals surface area (Å²) in [6.45, 7) is 2.23. The van der Waals surface area contributed by atoms with Gasteiger partial charge in [-0.1, -0.05) is 60.7 Å². The molecule has 4 nitrogen and oxygen atoms in total. The van der Waals surface area contributed by atoms with Crippen molar-refractivity contribution in [2.45, 2.75) is 18.8 Å². The number of benzene rings is 3. The molecule has 1 aliphatic rings. The van der Waals surface area contributed by atoms with Crippen molar-refractivity contribution < 1.29 is 4.79 Å². The third kappa shape index (κ3) is 4.86. The first-order valence-electron chi connectivity index (χ1n) is 10.3. The molecule has 4 rings (SSSR count). The van der Waals surface area contributed by atoms with Gasteiger partial charge in [-0.15, -0.1) is 0 Å². The second-order valence-corrected chi connectivity index (χ2v) is 7.85. The standard InChI is InChI=1S/C25H25N3OS/c29-24(23(19-9-3-1-4-10-19)20-11-5-2-6-12-20)27-25(30)26-21-13-15-22(16-14-21)28-17-7-8-18-28/h1-6,9-16,23H,7-8,17-18H2,(H2,26,27,29,30). The predicted octanol–water partition coefficient (Wildman–Crippen LogP) is 4.93. The van der Waals surface area contributed by atoms with Crippen LogP contribution in [0.2, 0.25) is 0 Å². The summed E-state index contributed by atoms with van der Waals surface area (Å²) in [6, 6.07) is 27.7. The van der Waals surface area contributed by atoms with Crippen LogP contribution in [0.5, 0.6) is 0 Å². The minimum Gasteiger partial charge on any atom is -0.372 e. The molecule has 2 N–H and O–H groups in total. The predicted molar refractivity (Wildman–Crippen MR) is 127 cm³/mol. The van der Waals surface area contributed by atoms with Gasteiger partial charge in [0.05, 0.1) is 5.92 Å². The molecule has 1 saturated heterocycles. The number of thiocarbonyl (C=S) groups is 1. The Morgan fingerprint density at radius 1 is 0.800 bits per heavy atom. The summed E-state index contributed by atoms with van der Waals surface area (Å²) in [6.07, 6.45) is 2.50. The lowest BCUT2D eigenvalue weighted by Crippen LogP contribution is -2.37. The summed E-state index contributed by atoms with van der Waals surface area (Å²) >= 11 is 5.42. The minimum atomic E-state index is -0.426. The molecule has 1 amide bonds. The van der Waals surface area contributed by atoms with Crippen molar-refractivity contribution >= 4 is 34.6 Å². The molecule has 0 radical (unpaired) electrons. The molecule has 0 unspecified atom stereocenters. The zero-order chi connectivity index (χ0) is 20.8. The van der Waals surface area contributed by atoms with Crippen LogP contribution in [-0.4, -0.2) is 24.1 Å². The average Bonchev–Trinajstić information content (AvgIpc) is 3.31. The van der Waals surface area contributed by atoms with E-state index >= 15 is 0 Å². The molecule has 3 aromatic rings. The molecule has 0 saturated carbocycles. The first-order chi connectivity index (χ1) is 14.7. The van der Waals surface area contributed by atoms with Gasteiger partial charge in [0.2, 0.25) is 5.91 Å². The van der Waals surface area contributed by atoms with Gasteiger partial charge >= 0.3 is 0 Å². The van der Waals surface area contributed by atoms with Gasteiger partial charge in [0, 0.05) is 24.5 Å². The number of hydrogen-bond acceptors (Lipinski definition) is 3. The number of anilines is 2. The van der Waals surface area contributed by atoms with Gasteiger partial charge in [0.15, 0.2) is 5.11 Å². The monoisotopic (exact) mass is 415 g/mol. The number of nitrogens with one attached hydrogen (secondary N) is 2. The van der Waals surface area contributed by atoms with E-state index in [4.69, 9.17) is 12.2 Å². The van der Waals surface area contributed by atoms with Crippen molar-refractivity contribution in [1.29, 1.82) is 0 Å². The van der Waals surface area contributed by atoms with E-state index in [1.54, 1.807) is 0 Å². The Balaban J connectivity index is 1.44. The van der Waals surface area contributed by atoms with Gasteiger partial charge in [-0.05, 0) is 60.5 Å². The SMILES string of the molecule is O=C(NC(=S)Nc1ccc(N2CCCC2)cc1)C(c1ccccc1)c1ccccc1. The van der Waals surface area contributed by atoms with E-state index in [2.05, 4.69) is 27.7 Å². The van der Waals surface area contributed by atoms with Gasteiger partial charge in [-0.3, -0.25) is 4.79 Å². The van der Waals surface area contributed by atoms with Crippen molar-refractivity contribution in [2.24, 2.45) is 0 Å². The molecule has 1 fully saturated rings. The third-order valence-corrected chi connectivity index (χ3v) is 5.57. The van der Waals surface area contributed by atoms with Crippen LogP contribution in [0.25, 0.3) is 0 Å². The summed E-state index contributed by atoms with van der Waals surface area (Å²) in [5.74, 6) is -0.580. The number of rotatable bonds is 5. The van der Waals surface area contributed by atoms with Crippen molar-refractivity contribution in [3.63, 3.8) is 0 Å². The van der Waals surface area contributed by atoms with E-state index in [9.17, 15) is 4.79 Å². The zero-order valence-corrected chi connectivity index (χ0v) is 17.6. The van der Waals surface area contributed by atoms with Crippen molar-refractivity contribution in [2.75, 3.05) is 23.3 Å². The van der Waals surface area contributed by atoms with E-state index in [1.807, 2.05) is 72.8 Å². The van der Waals surface area contributed by atoms with E-state index in [1.165, 1.54) is 18.5 Å². The first-order valence-corrected chi connectivity index (χ1v) is 10.7. The van der Waals surface area contributed by atoms with Gasteiger partial charge in [0.25, 0.3) is 0 Å². The molecule has 152 valence electrons. The number of nitrogens with zero attached hydrogens (tertiary/aromatic N) is 1. The highest BCUT2D eigenvalue weighted by Crippen LogP contribution is 2.25. The smallest absolute Gasteiger partial charge is 0.238 e. The first kappa shape index (κ1) is 20.1. The maximum Gasteiger partial charge on any atom is 0.238 e. The van der Waals surface area contributed by atoms with Crippen LogP contribution in [0.1, 0.15) is 29.9 Å². The molecule has 30 heavy (non-hydrogen) atoms.